The van der Waals surface area contributed by atoms with E-state index in [1.54, 1.807) is 42.6 Å². The SMILES string of the molecule is CC[C@@H](CNC(=O)c1cccc(NC(=O)c2cccnc2)c1)c1ccccc1. The lowest BCUT2D eigenvalue weighted by atomic mass is 9.96. The molecule has 28 heavy (non-hydrogen) atoms. The molecule has 0 saturated carbocycles. The summed E-state index contributed by atoms with van der Waals surface area (Å²) in [6, 6.07) is 20.5. The summed E-state index contributed by atoms with van der Waals surface area (Å²) in [5.41, 5.74) is 2.75. The molecule has 0 aliphatic carbocycles. The first-order chi connectivity index (χ1) is 13.7. The second-order valence-corrected chi connectivity index (χ2v) is 6.50. The molecule has 0 fully saturated rings. The van der Waals surface area contributed by atoms with E-state index in [1.165, 1.54) is 11.8 Å². The Labute approximate surface area is 164 Å². The quantitative estimate of drug-likeness (QED) is 0.650. The van der Waals surface area contributed by atoms with E-state index in [9.17, 15) is 9.59 Å². The van der Waals surface area contributed by atoms with Gasteiger partial charge in [0, 0.05) is 36.1 Å². The van der Waals surface area contributed by atoms with Gasteiger partial charge in [-0.25, -0.2) is 0 Å². The van der Waals surface area contributed by atoms with Gasteiger partial charge < -0.3 is 10.6 Å². The van der Waals surface area contributed by atoms with Crippen molar-refractivity contribution < 1.29 is 9.59 Å². The van der Waals surface area contributed by atoms with Crippen LogP contribution < -0.4 is 10.6 Å². The highest BCUT2D eigenvalue weighted by Gasteiger charge is 2.13. The van der Waals surface area contributed by atoms with Crippen molar-refractivity contribution in [3.8, 4) is 0 Å². The Hall–Kier alpha value is -3.47. The molecule has 0 aliphatic rings. The van der Waals surface area contributed by atoms with Crippen molar-refractivity contribution in [3.63, 3.8) is 0 Å². The van der Waals surface area contributed by atoms with Gasteiger partial charge in [0.25, 0.3) is 11.8 Å². The Balaban J connectivity index is 1.63. The lowest BCUT2D eigenvalue weighted by Crippen LogP contribution is -2.28. The number of carbonyl (C=O) groups excluding carboxylic acids is 2. The van der Waals surface area contributed by atoms with E-state index < -0.39 is 0 Å². The Morgan fingerprint density at radius 3 is 2.43 bits per heavy atom. The molecule has 5 heteroatoms. The first-order valence-electron chi connectivity index (χ1n) is 9.32. The second-order valence-electron chi connectivity index (χ2n) is 6.50. The van der Waals surface area contributed by atoms with Crippen LogP contribution in [-0.4, -0.2) is 23.3 Å². The molecule has 0 aliphatic heterocycles. The largest absolute Gasteiger partial charge is 0.351 e. The number of rotatable bonds is 7. The summed E-state index contributed by atoms with van der Waals surface area (Å²) in [7, 11) is 0. The van der Waals surface area contributed by atoms with Gasteiger partial charge in [0.15, 0.2) is 0 Å². The van der Waals surface area contributed by atoms with Gasteiger partial charge in [-0.3, -0.25) is 14.6 Å². The van der Waals surface area contributed by atoms with E-state index in [4.69, 9.17) is 0 Å². The first-order valence-corrected chi connectivity index (χ1v) is 9.32. The molecule has 3 aromatic rings. The molecule has 2 aromatic carbocycles. The molecule has 2 N–H and O–H groups in total. The zero-order chi connectivity index (χ0) is 19.8. The third kappa shape index (κ3) is 5.04. The minimum atomic E-state index is -0.263. The summed E-state index contributed by atoms with van der Waals surface area (Å²) < 4.78 is 0. The number of anilines is 1. The summed E-state index contributed by atoms with van der Waals surface area (Å²) in [6.45, 7) is 2.67. The van der Waals surface area contributed by atoms with Crippen molar-refractivity contribution in [1.29, 1.82) is 0 Å². The molecule has 1 atom stereocenters. The highest BCUT2D eigenvalue weighted by molar-refractivity contribution is 6.04. The van der Waals surface area contributed by atoms with Gasteiger partial charge in [0.1, 0.15) is 0 Å². The lowest BCUT2D eigenvalue weighted by Gasteiger charge is -2.16. The van der Waals surface area contributed by atoms with Crippen LogP contribution in [0.2, 0.25) is 0 Å². The molecule has 0 spiro atoms. The maximum absolute atomic E-state index is 12.6. The van der Waals surface area contributed by atoms with E-state index >= 15 is 0 Å². The molecule has 0 radical (unpaired) electrons. The normalized spacial score (nSPS) is 11.5. The van der Waals surface area contributed by atoms with Gasteiger partial charge >= 0.3 is 0 Å². The molecule has 2 amide bonds. The third-order valence-corrected chi connectivity index (χ3v) is 4.58. The maximum atomic E-state index is 12.6. The van der Waals surface area contributed by atoms with E-state index in [1.807, 2.05) is 18.2 Å². The van der Waals surface area contributed by atoms with Crippen LogP contribution in [0, 0.1) is 0 Å². The van der Waals surface area contributed by atoms with Crippen LogP contribution in [-0.2, 0) is 0 Å². The van der Waals surface area contributed by atoms with E-state index in [0.717, 1.165) is 6.42 Å². The van der Waals surface area contributed by atoms with Gasteiger partial charge in [-0.1, -0.05) is 43.3 Å². The summed E-state index contributed by atoms with van der Waals surface area (Å²) >= 11 is 0. The molecule has 1 heterocycles. The molecule has 142 valence electrons. The van der Waals surface area contributed by atoms with E-state index in [0.29, 0.717) is 23.4 Å². The van der Waals surface area contributed by atoms with Gasteiger partial charge in [0.05, 0.1) is 5.56 Å². The predicted octanol–water partition coefficient (Wildman–Crippen LogP) is 4.26. The summed E-state index contributed by atoms with van der Waals surface area (Å²) in [4.78, 5) is 28.8. The van der Waals surface area contributed by atoms with Crippen molar-refractivity contribution in [3.05, 3.63) is 95.8 Å². The zero-order valence-electron chi connectivity index (χ0n) is 15.8. The molecular formula is C23H23N3O2. The molecule has 0 unspecified atom stereocenters. The minimum absolute atomic E-state index is 0.160. The van der Waals surface area contributed by atoms with Crippen LogP contribution in [0.4, 0.5) is 5.69 Å². The van der Waals surface area contributed by atoms with Crippen molar-refractivity contribution in [2.75, 3.05) is 11.9 Å². The smallest absolute Gasteiger partial charge is 0.257 e. The Morgan fingerprint density at radius 2 is 1.71 bits per heavy atom. The topological polar surface area (TPSA) is 71.1 Å². The maximum Gasteiger partial charge on any atom is 0.257 e. The summed E-state index contributed by atoms with van der Waals surface area (Å²) in [6.07, 6.45) is 4.05. The number of hydrogen-bond donors (Lipinski definition) is 2. The Bertz CT molecular complexity index is 927. The first kappa shape index (κ1) is 19.3. The Kier molecular flexibility index (Phi) is 6.52. The summed E-state index contributed by atoms with van der Waals surface area (Å²) in [5.74, 6) is -0.161. The second kappa shape index (κ2) is 9.46. The van der Waals surface area contributed by atoms with Gasteiger partial charge in [-0.05, 0) is 42.3 Å². The molecule has 0 saturated heterocycles. The van der Waals surface area contributed by atoms with Crippen LogP contribution in [0.25, 0.3) is 0 Å². The number of nitrogens with one attached hydrogen (secondary N) is 2. The van der Waals surface area contributed by atoms with E-state index in [-0.39, 0.29) is 17.7 Å². The van der Waals surface area contributed by atoms with Gasteiger partial charge in [0.2, 0.25) is 0 Å². The molecule has 1 aromatic heterocycles. The van der Waals surface area contributed by atoms with Crippen LogP contribution in [0.5, 0.6) is 0 Å². The van der Waals surface area contributed by atoms with Gasteiger partial charge in [-0.15, -0.1) is 0 Å². The highest BCUT2D eigenvalue weighted by Crippen LogP contribution is 2.18. The fraction of sp³-hybridized carbons (Fsp3) is 0.174. The molecule has 0 bridgehead atoms. The van der Waals surface area contributed by atoms with Crippen molar-refractivity contribution in [2.24, 2.45) is 0 Å². The highest BCUT2D eigenvalue weighted by atomic mass is 16.2. The average Bonchev–Trinajstić information content (AvgIpc) is 2.75. The van der Waals surface area contributed by atoms with Gasteiger partial charge in [-0.2, -0.15) is 0 Å². The fourth-order valence-electron chi connectivity index (χ4n) is 2.98. The van der Waals surface area contributed by atoms with Crippen LogP contribution in [0.3, 0.4) is 0 Å². The number of benzene rings is 2. The molecule has 3 rings (SSSR count). The third-order valence-electron chi connectivity index (χ3n) is 4.58. The number of nitrogens with zero attached hydrogens (tertiary/aromatic N) is 1. The molecular weight excluding hydrogens is 350 g/mol. The Morgan fingerprint density at radius 1 is 0.929 bits per heavy atom. The van der Waals surface area contributed by atoms with Crippen molar-refractivity contribution >= 4 is 17.5 Å². The summed E-state index contributed by atoms with van der Waals surface area (Å²) in [5, 5.41) is 5.80. The number of aromatic nitrogens is 1. The number of carbonyl (C=O) groups is 2. The van der Waals surface area contributed by atoms with Crippen molar-refractivity contribution in [2.45, 2.75) is 19.3 Å². The van der Waals surface area contributed by atoms with Crippen LogP contribution in [0.15, 0.2) is 79.1 Å². The number of amides is 2. The van der Waals surface area contributed by atoms with Crippen molar-refractivity contribution in [1.82, 2.24) is 10.3 Å². The fourth-order valence-corrected chi connectivity index (χ4v) is 2.98. The lowest BCUT2D eigenvalue weighted by molar-refractivity contribution is 0.0949. The van der Waals surface area contributed by atoms with Crippen LogP contribution in [0.1, 0.15) is 45.5 Å². The number of pyridine rings is 1. The predicted molar refractivity (Wildman–Crippen MR) is 110 cm³/mol. The molecule has 5 nitrogen and oxygen atoms in total. The number of hydrogen-bond acceptors (Lipinski definition) is 3. The standard InChI is InChI=1S/C23H23N3O2/c1-2-17(18-8-4-3-5-9-18)16-25-22(27)19-10-6-12-21(14-19)26-23(28)20-11-7-13-24-15-20/h3-15,17H,2,16H2,1H3,(H,25,27)(H,26,28)/t17-/m0/s1. The monoisotopic (exact) mass is 373 g/mol. The minimum Gasteiger partial charge on any atom is -0.351 e. The van der Waals surface area contributed by atoms with Crippen LogP contribution >= 0.6 is 0 Å². The zero-order valence-corrected chi connectivity index (χ0v) is 15.8. The average molecular weight is 373 g/mol. The van der Waals surface area contributed by atoms with E-state index in [2.05, 4.69) is 34.7 Å².